The highest BCUT2D eigenvalue weighted by Gasteiger charge is 2.19. The van der Waals surface area contributed by atoms with E-state index in [1.807, 2.05) is 30.3 Å². The molecule has 4 heteroatoms. The number of carbonyl (C=O) groups excluding carboxylic acids is 1. The van der Waals surface area contributed by atoms with Crippen LogP contribution in [0, 0.1) is 12.8 Å². The van der Waals surface area contributed by atoms with E-state index in [2.05, 4.69) is 51.3 Å². The van der Waals surface area contributed by atoms with Crippen molar-refractivity contribution in [1.82, 2.24) is 4.57 Å². The Morgan fingerprint density at radius 3 is 2.39 bits per heavy atom. The largest absolute Gasteiger partial charge is 0.489 e. The molecule has 1 heterocycles. The van der Waals surface area contributed by atoms with Gasteiger partial charge < -0.3 is 14.0 Å². The minimum Gasteiger partial charge on any atom is -0.489 e. The van der Waals surface area contributed by atoms with Gasteiger partial charge in [-0.15, -0.1) is 0 Å². The Morgan fingerprint density at radius 2 is 1.71 bits per heavy atom. The van der Waals surface area contributed by atoms with Gasteiger partial charge in [0, 0.05) is 17.1 Å². The van der Waals surface area contributed by atoms with Crippen molar-refractivity contribution in [2.75, 3.05) is 6.61 Å². The molecule has 31 heavy (non-hydrogen) atoms. The van der Waals surface area contributed by atoms with E-state index in [4.69, 9.17) is 9.47 Å². The molecule has 3 rings (SSSR count). The summed E-state index contributed by atoms with van der Waals surface area (Å²) in [6.45, 7) is 11.3. The summed E-state index contributed by atoms with van der Waals surface area (Å²) in [5.74, 6) is 1.17. The zero-order chi connectivity index (χ0) is 22.4. The molecule has 166 valence electrons. The predicted octanol–water partition coefficient (Wildman–Crippen LogP) is 6.96. The normalized spacial score (nSPS) is 12.5. The van der Waals surface area contributed by atoms with Gasteiger partial charge >= 0.3 is 5.97 Å². The van der Waals surface area contributed by atoms with Crippen molar-refractivity contribution in [1.29, 1.82) is 0 Å². The summed E-state index contributed by atoms with van der Waals surface area (Å²) in [5, 5.41) is 1.10. The number of nitrogens with zero attached hydrogens (tertiary/aromatic N) is 1. The third kappa shape index (κ3) is 5.90. The van der Waals surface area contributed by atoms with Gasteiger partial charge in [-0.25, -0.2) is 4.79 Å². The summed E-state index contributed by atoms with van der Waals surface area (Å²) in [5.41, 5.74) is 2.95. The Bertz CT molecular complexity index is 988. The number of aromatic nitrogens is 1. The first-order valence-corrected chi connectivity index (χ1v) is 11.4. The molecule has 0 bridgehead atoms. The van der Waals surface area contributed by atoms with Gasteiger partial charge in [0.05, 0.1) is 11.1 Å². The van der Waals surface area contributed by atoms with Gasteiger partial charge in [0.15, 0.2) is 0 Å². The van der Waals surface area contributed by atoms with Crippen LogP contribution < -0.4 is 4.74 Å². The van der Waals surface area contributed by atoms with Crippen LogP contribution >= 0.6 is 0 Å². The van der Waals surface area contributed by atoms with Gasteiger partial charge in [0.25, 0.3) is 0 Å². The second-order valence-electron chi connectivity index (χ2n) is 8.97. The first-order chi connectivity index (χ1) is 14.9. The standard InChI is InChI=1S/C27H35NO3/c1-19(2)11-9-14-23(31-27(29)22-12-7-6-8-13-22)18-30-26-16-10-15-25-24(26)17-21(5)28(25)20(3)4/h6-8,10,12-13,15-17,19-20,23H,9,11,14,18H2,1-5H3. The van der Waals surface area contributed by atoms with E-state index in [1.165, 1.54) is 11.2 Å². The van der Waals surface area contributed by atoms with Crippen LogP contribution in [0.1, 0.15) is 69.1 Å². The van der Waals surface area contributed by atoms with Crippen LogP contribution in [-0.2, 0) is 4.74 Å². The minimum atomic E-state index is -0.293. The zero-order valence-corrected chi connectivity index (χ0v) is 19.4. The number of fused-ring (bicyclic) bond motifs is 1. The lowest BCUT2D eigenvalue weighted by atomic mass is 10.0. The van der Waals surface area contributed by atoms with E-state index in [-0.39, 0.29) is 12.1 Å². The number of aryl methyl sites for hydroxylation is 1. The molecule has 0 amide bonds. The summed E-state index contributed by atoms with van der Waals surface area (Å²) in [6.07, 6.45) is 2.61. The maximum Gasteiger partial charge on any atom is 0.338 e. The van der Waals surface area contributed by atoms with Crippen molar-refractivity contribution in [2.24, 2.45) is 5.92 Å². The Labute approximate surface area is 186 Å². The molecule has 0 saturated carbocycles. The fraction of sp³-hybridized carbons (Fsp3) is 0.444. The molecule has 0 N–H and O–H groups in total. The number of benzene rings is 2. The van der Waals surface area contributed by atoms with E-state index in [1.54, 1.807) is 12.1 Å². The molecule has 0 spiro atoms. The summed E-state index contributed by atoms with van der Waals surface area (Å²) < 4.78 is 14.4. The number of esters is 1. The van der Waals surface area contributed by atoms with Crippen LogP contribution in [0.2, 0.25) is 0 Å². The lowest BCUT2D eigenvalue weighted by Gasteiger charge is -2.20. The average Bonchev–Trinajstić information content (AvgIpc) is 3.08. The predicted molar refractivity (Wildman–Crippen MR) is 127 cm³/mol. The summed E-state index contributed by atoms with van der Waals surface area (Å²) in [7, 11) is 0. The molecule has 0 fully saturated rings. The Hall–Kier alpha value is -2.75. The van der Waals surface area contributed by atoms with Crippen LogP contribution in [0.25, 0.3) is 10.9 Å². The van der Waals surface area contributed by atoms with Crippen molar-refractivity contribution < 1.29 is 14.3 Å². The van der Waals surface area contributed by atoms with Gasteiger partial charge in [0.2, 0.25) is 0 Å². The molecular formula is C27H35NO3. The third-order valence-electron chi connectivity index (χ3n) is 5.57. The molecule has 1 atom stereocenters. The first-order valence-electron chi connectivity index (χ1n) is 11.4. The smallest absolute Gasteiger partial charge is 0.338 e. The van der Waals surface area contributed by atoms with E-state index in [0.717, 1.165) is 30.4 Å². The molecule has 3 aromatic rings. The summed E-state index contributed by atoms with van der Waals surface area (Å²) in [4.78, 5) is 12.6. The second kappa shape index (κ2) is 10.5. The number of rotatable bonds is 10. The SMILES string of the molecule is Cc1cc2c(OCC(CCCC(C)C)OC(=O)c3ccccc3)cccc2n1C(C)C. The van der Waals surface area contributed by atoms with E-state index < -0.39 is 0 Å². The van der Waals surface area contributed by atoms with Gasteiger partial charge in [-0.3, -0.25) is 0 Å². The number of hydrogen-bond acceptors (Lipinski definition) is 3. The summed E-state index contributed by atoms with van der Waals surface area (Å²) >= 11 is 0. The fourth-order valence-electron chi connectivity index (χ4n) is 4.07. The quantitative estimate of drug-likeness (QED) is 0.332. The van der Waals surface area contributed by atoms with Crippen molar-refractivity contribution in [3.63, 3.8) is 0 Å². The van der Waals surface area contributed by atoms with Gasteiger partial charge in [-0.05, 0) is 69.9 Å². The lowest BCUT2D eigenvalue weighted by Crippen LogP contribution is -2.25. The van der Waals surface area contributed by atoms with Crippen molar-refractivity contribution in [2.45, 2.75) is 66.0 Å². The van der Waals surface area contributed by atoms with Crippen LogP contribution in [0.5, 0.6) is 5.75 Å². The van der Waals surface area contributed by atoms with E-state index in [9.17, 15) is 4.79 Å². The molecule has 0 aliphatic rings. The van der Waals surface area contributed by atoms with Crippen LogP contribution in [-0.4, -0.2) is 23.2 Å². The van der Waals surface area contributed by atoms with Gasteiger partial charge in [0.1, 0.15) is 18.5 Å². The Balaban J connectivity index is 1.75. The lowest BCUT2D eigenvalue weighted by molar-refractivity contribution is 0.0144. The molecule has 0 aliphatic heterocycles. The molecular weight excluding hydrogens is 386 g/mol. The molecule has 0 aliphatic carbocycles. The Kier molecular flexibility index (Phi) is 7.78. The van der Waals surface area contributed by atoms with Crippen molar-refractivity contribution in [3.8, 4) is 5.75 Å². The van der Waals surface area contributed by atoms with Crippen molar-refractivity contribution in [3.05, 3.63) is 65.9 Å². The molecule has 0 saturated heterocycles. The van der Waals surface area contributed by atoms with Crippen molar-refractivity contribution >= 4 is 16.9 Å². The highest BCUT2D eigenvalue weighted by Crippen LogP contribution is 2.31. The number of carbonyl (C=O) groups is 1. The minimum absolute atomic E-state index is 0.282. The fourth-order valence-corrected chi connectivity index (χ4v) is 4.07. The molecule has 1 unspecified atom stereocenters. The summed E-state index contributed by atoms with van der Waals surface area (Å²) in [6, 6.07) is 17.9. The molecule has 4 nitrogen and oxygen atoms in total. The van der Waals surface area contributed by atoms with E-state index >= 15 is 0 Å². The van der Waals surface area contributed by atoms with Crippen LogP contribution in [0.3, 0.4) is 0 Å². The topological polar surface area (TPSA) is 40.5 Å². The van der Waals surface area contributed by atoms with Crippen LogP contribution in [0.4, 0.5) is 0 Å². The molecule has 0 radical (unpaired) electrons. The highest BCUT2D eigenvalue weighted by atomic mass is 16.6. The highest BCUT2D eigenvalue weighted by molar-refractivity contribution is 5.89. The zero-order valence-electron chi connectivity index (χ0n) is 19.4. The first kappa shape index (κ1) is 22.9. The maximum absolute atomic E-state index is 12.6. The van der Waals surface area contributed by atoms with E-state index in [0.29, 0.717) is 24.1 Å². The Morgan fingerprint density at radius 1 is 0.968 bits per heavy atom. The maximum atomic E-state index is 12.6. The van der Waals surface area contributed by atoms with Gasteiger partial charge in [-0.2, -0.15) is 0 Å². The second-order valence-corrected chi connectivity index (χ2v) is 8.97. The van der Waals surface area contributed by atoms with Gasteiger partial charge in [-0.1, -0.05) is 44.5 Å². The number of hydrogen-bond donors (Lipinski definition) is 0. The number of ether oxygens (including phenoxy) is 2. The monoisotopic (exact) mass is 421 g/mol. The van der Waals surface area contributed by atoms with Crippen LogP contribution in [0.15, 0.2) is 54.6 Å². The third-order valence-corrected chi connectivity index (χ3v) is 5.57. The molecule has 2 aromatic carbocycles. The average molecular weight is 422 g/mol. The molecule has 1 aromatic heterocycles.